The van der Waals surface area contributed by atoms with Gasteiger partial charge in [0.15, 0.2) is 0 Å². The fourth-order valence-corrected chi connectivity index (χ4v) is 1.93. The van der Waals surface area contributed by atoms with Gasteiger partial charge in [0.2, 0.25) is 0 Å². The zero-order valence-corrected chi connectivity index (χ0v) is 10.4. The van der Waals surface area contributed by atoms with Crippen LogP contribution >= 0.6 is 0 Å². The minimum atomic E-state index is -0.755. The van der Waals surface area contributed by atoms with Gasteiger partial charge in [-0.05, 0) is 20.3 Å². The molecule has 1 amide bonds. The van der Waals surface area contributed by atoms with Gasteiger partial charge in [-0.1, -0.05) is 0 Å². The summed E-state index contributed by atoms with van der Waals surface area (Å²) in [5.41, 5.74) is 4.84. The van der Waals surface area contributed by atoms with Crippen LogP contribution in [0.2, 0.25) is 0 Å². The van der Waals surface area contributed by atoms with E-state index in [1.165, 1.54) is 0 Å². The molecule has 94 valence electrons. The maximum Gasteiger partial charge on any atom is 0.254 e. The normalized spacial score (nSPS) is 24.9. The fraction of sp³-hybridized carbons (Fsp3) is 0.909. The van der Waals surface area contributed by atoms with Gasteiger partial charge in [-0.15, -0.1) is 0 Å². The van der Waals surface area contributed by atoms with E-state index in [0.29, 0.717) is 26.2 Å². The number of hydrogen-bond donors (Lipinski definition) is 1. The van der Waals surface area contributed by atoms with Gasteiger partial charge in [0.05, 0.1) is 6.10 Å². The number of rotatable bonds is 5. The molecule has 5 nitrogen and oxygen atoms in total. The molecule has 1 fully saturated rings. The summed E-state index contributed by atoms with van der Waals surface area (Å²) in [4.78, 5) is 13.8. The summed E-state index contributed by atoms with van der Waals surface area (Å²) in [6.07, 6.45) is 0.783. The lowest BCUT2D eigenvalue weighted by Crippen LogP contribution is -2.58. The maximum atomic E-state index is 12.0. The second-order valence-corrected chi connectivity index (χ2v) is 4.58. The van der Waals surface area contributed by atoms with E-state index in [0.717, 1.165) is 6.42 Å². The highest BCUT2D eigenvalue weighted by atomic mass is 16.5. The average molecular weight is 230 g/mol. The van der Waals surface area contributed by atoms with Crippen molar-refractivity contribution in [3.63, 3.8) is 0 Å². The second kappa shape index (κ2) is 5.61. The Morgan fingerprint density at radius 3 is 2.88 bits per heavy atom. The third-order valence-corrected chi connectivity index (χ3v) is 2.73. The molecule has 0 radical (unpaired) electrons. The van der Waals surface area contributed by atoms with Crippen molar-refractivity contribution in [3.8, 4) is 0 Å². The van der Waals surface area contributed by atoms with Crippen LogP contribution in [0.4, 0.5) is 0 Å². The van der Waals surface area contributed by atoms with Crippen molar-refractivity contribution in [1.29, 1.82) is 0 Å². The summed E-state index contributed by atoms with van der Waals surface area (Å²) < 4.78 is 10.6. The van der Waals surface area contributed by atoms with Crippen molar-refractivity contribution in [1.82, 2.24) is 4.90 Å². The van der Waals surface area contributed by atoms with Crippen LogP contribution in [0.5, 0.6) is 0 Å². The second-order valence-electron chi connectivity index (χ2n) is 4.58. The number of nitrogens with zero attached hydrogens (tertiary/aromatic N) is 1. The number of hydrogen-bond acceptors (Lipinski definition) is 4. The molecule has 0 aliphatic carbocycles. The molecule has 1 unspecified atom stereocenters. The van der Waals surface area contributed by atoms with E-state index in [1.54, 1.807) is 21.0 Å². The van der Waals surface area contributed by atoms with Crippen LogP contribution in [0.25, 0.3) is 0 Å². The highest BCUT2D eigenvalue weighted by Gasteiger charge is 2.40. The Bertz CT molecular complexity index is 243. The largest absolute Gasteiger partial charge is 0.385 e. The number of morpholine rings is 1. The predicted molar refractivity (Wildman–Crippen MR) is 61.1 cm³/mol. The molecule has 1 aliphatic rings. The van der Waals surface area contributed by atoms with Crippen molar-refractivity contribution < 1.29 is 14.3 Å². The molecule has 0 aromatic carbocycles. The van der Waals surface area contributed by atoms with Crippen molar-refractivity contribution in [2.24, 2.45) is 5.73 Å². The van der Waals surface area contributed by atoms with Gasteiger partial charge in [-0.2, -0.15) is 0 Å². The van der Waals surface area contributed by atoms with Crippen LogP contribution in [0, 0.1) is 0 Å². The first kappa shape index (κ1) is 13.4. The third-order valence-electron chi connectivity index (χ3n) is 2.73. The smallest absolute Gasteiger partial charge is 0.254 e. The molecule has 0 saturated carbocycles. The van der Waals surface area contributed by atoms with Gasteiger partial charge in [0, 0.05) is 33.4 Å². The number of methoxy groups -OCH3 is 1. The van der Waals surface area contributed by atoms with Crippen molar-refractivity contribution >= 4 is 5.91 Å². The quantitative estimate of drug-likeness (QED) is 0.675. The Labute approximate surface area is 96.9 Å². The van der Waals surface area contributed by atoms with Crippen LogP contribution in [0.3, 0.4) is 0 Å². The number of ether oxygens (including phenoxy) is 2. The molecule has 16 heavy (non-hydrogen) atoms. The lowest BCUT2D eigenvalue weighted by molar-refractivity contribution is -0.178. The number of carbonyl (C=O) groups is 1. The van der Waals surface area contributed by atoms with Crippen LogP contribution in [-0.4, -0.2) is 55.9 Å². The van der Waals surface area contributed by atoms with Gasteiger partial charge in [-0.25, -0.2) is 0 Å². The Morgan fingerprint density at radius 1 is 1.62 bits per heavy atom. The summed E-state index contributed by atoms with van der Waals surface area (Å²) in [6.45, 7) is 5.98. The molecule has 0 aromatic rings. The molecule has 1 heterocycles. The van der Waals surface area contributed by atoms with E-state index in [1.807, 2.05) is 4.90 Å². The van der Waals surface area contributed by atoms with Crippen LogP contribution in [0.1, 0.15) is 20.3 Å². The third kappa shape index (κ3) is 3.17. The maximum absolute atomic E-state index is 12.0. The molecule has 0 spiro atoms. The lowest BCUT2D eigenvalue weighted by atomic mass is 10.0. The molecule has 0 aromatic heterocycles. The zero-order chi connectivity index (χ0) is 12.2. The first-order chi connectivity index (χ1) is 7.51. The number of nitrogens with two attached hydrogens (primary N) is 1. The minimum absolute atomic E-state index is 0.0355. The van der Waals surface area contributed by atoms with E-state index in [4.69, 9.17) is 15.2 Å². The van der Waals surface area contributed by atoms with Gasteiger partial charge in [0.25, 0.3) is 5.91 Å². The Hall–Kier alpha value is -0.650. The molecule has 0 bridgehead atoms. The first-order valence-corrected chi connectivity index (χ1v) is 5.67. The van der Waals surface area contributed by atoms with Crippen molar-refractivity contribution in [2.75, 3.05) is 33.4 Å². The average Bonchev–Trinajstić information content (AvgIpc) is 2.24. The number of amides is 1. The number of carbonyl (C=O) groups excluding carboxylic acids is 1. The summed E-state index contributed by atoms with van der Waals surface area (Å²) in [5.74, 6) is 0.0355. The zero-order valence-electron chi connectivity index (χ0n) is 10.4. The molecular weight excluding hydrogens is 208 g/mol. The predicted octanol–water partition coefficient (Wildman–Crippen LogP) is -0.0124. The summed E-state index contributed by atoms with van der Waals surface area (Å²) in [7, 11) is 1.66. The van der Waals surface area contributed by atoms with Crippen molar-refractivity contribution in [2.45, 2.75) is 32.0 Å². The topological polar surface area (TPSA) is 64.8 Å². The van der Waals surface area contributed by atoms with Crippen LogP contribution in [0.15, 0.2) is 0 Å². The van der Waals surface area contributed by atoms with Gasteiger partial charge >= 0.3 is 0 Å². The van der Waals surface area contributed by atoms with Crippen molar-refractivity contribution in [3.05, 3.63) is 0 Å². The fourth-order valence-electron chi connectivity index (χ4n) is 1.93. The first-order valence-electron chi connectivity index (χ1n) is 5.67. The minimum Gasteiger partial charge on any atom is -0.385 e. The Morgan fingerprint density at radius 2 is 2.31 bits per heavy atom. The molecule has 1 atom stereocenters. The SMILES string of the molecule is COCCCN1CC(CN)OC(C)(C)C1=O. The van der Waals surface area contributed by atoms with Crippen LogP contribution < -0.4 is 5.73 Å². The van der Waals surface area contributed by atoms with Gasteiger partial charge in [-0.3, -0.25) is 4.79 Å². The van der Waals surface area contributed by atoms with Gasteiger partial charge < -0.3 is 20.1 Å². The molecule has 1 rings (SSSR count). The van der Waals surface area contributed by atoms with Crippen LogP contribution in [-0.2, 0) is 14.3 Å². The summed E-state index contributed by atoms with van der Waals surface area (Å²) in [5, 5.41) is 0. The molecule has 1 aliphatic heterocycles. The monoisotopic (exact) mass is 230 g/mol. The molecule has 5 heteroatoms. The summed E-state index contributed by atoms with van der Waals surface area (Å²) in [6, 6.07) is 0. The van der Waals surface area contributed by atoms with E-state index >= 15 is 0 Å². The summed E-state index contributed by atoms with van der Waals surface area (Å²) >= 11 is 0. The highest BCUT2D eigenvalue weighted by molar-refractivity contribution is 5.85. The Kier molecular flexibility index (Phi) is 4.70. The molecular formula is C11H22N2O3. The Balaban J connectivity index is 2.56. The van der Waals surface area contributed by atoms with Gasteiger partial charge in [0.1, 0.15) is 5.60 Å². The highest BCUT2D eigenvalue weighted by Crippen LogP contribution is 2.22. The van der Waals surface area contributed by atoms with E-state index in [-0.39, 0.29) is 12.0 Å². The molecule has 1 saturated heterocycles. The molecule has 2 N–H and O–H groups in total. The lowest BCUT2D eigenvalue weighted by Gasteiger charge is -2.41. The van der Waals surface area contributed by atoms with E-state index in [2.05, 4.69) is 0 Å². The van der Waals surface area contributed by atoms with E-state index < -0.39 is 5.60 Å². The van der Waals surface area contributed by atoms with E-state index in [9.17, 15) is 4.79 Å². The standard InChI is InChI=1S/C11H22N2O3/c1-11(2)10(14)13(5-4-6-15-3)8-9(7-12)16-11/h9H,4-8,12H2,1-3H3.